The summed E-state index contributed by atoms with van der Waals surface area (Å²) in [5.41, 5.74) is 2.79. The lowest BCUT2D eigenvalue weighted by Gasteiger charge is -2.22. The maximum absolute atomic E-state index is 12.9. The fourth-order valence-corrected chi connectivity index (χ4v) is 4.45. The van der Waals surface area contributed by atoms with Crippen LogP contribution < -0.4 is 10.9 Å². The minimum Gasteiger partial charge on any atom is -0.372 e. The number of carbonyl (C=O) groups excluding carboxylic acids is 1. The molecule has 1 N–H and O–H groups in total. The molecule has 3 heterocycles. The van der Waals surface area contributed by atoms with Crippen molar-refractivity contribution >= 4 is 22.9 Å². The average molecular weight is 383 g/mol. The zero-order valence-corrected chi connectivity index (χ0v) is 16.1. The maximum Gasteiger partial charge on any atom is 0.295 e. The van der Waals surface area contributed by atoms with E-state index in [-0.39, 0.29) is 24.0 Å². The monoisotopic (exact) mass is 383 g/mol. The van der Waals surface area contributed by atoms with Crippen LogP contribution in [0.1, 0.15) is 28.7 Å². The molecule has 1 atom stereocenters. The Labute approximate surface area is 161 Å². The maximum atomic E-state index is 12.9. The second-order valence-electron chi connectivity index (χ2n) is 6.61. The molecular formula is C20H21N3O3S. The van der Waals surface area contributed by atoms with E-state index in [1.807, 2.05) is 49.7 Å². The van der Waals surface area contributed by atoms with Gasteiger partial charge in [-0.3, -0.25) is 14.3 Å². The van der Waals surface area contributed by atoms with Gasteiger partial charge in [-0.15, -0.1) is 11.3 Å². The Hall–Kier alpha value is -2.64. The highest BCUT2D eigenvalue weighted by Gasteiger charge is 2.26. The third kappa shape index (κ3) is 3.24. The van der Waals surface area contributed by atoms with Crippen LogP contribution in [0.5, 0.6) is 0 Å². The lowest BCUT2D eigenvalue weighted by Crippen LogP contribution is -2.25. The molecule has 0 fully saturated rings. The standard InChI is InChI=1S/C20H21N3O3S/c1-13-18(20(25)23(22(13)2)15-6-4-3-5-7-15)21-17(24)12-16-19-14(8-10-26-16)9-11-27-19/h3-7,9,11,16H,8,10,12H2,1-2H3,(H,21,24). The normalized spacial score (nSPS) is 16.1. The Morgan fingerprint density at radius 1 is 1.30 bits per heavy atom. The summed E-state index contributed by atoms with van der Waals surface area (Å²) in [5, 5.41) is 4.84. The highest BCUT2D eigenvalue weighted by Crippen LogP contribution is 2.34. The van der Waals surface area contributed by atoms with E-state index in [0.29, 0.717) is 18.0 Å². The summed E-state index contributed by atoms with van der Waals surface area (Å²) >= 11 is 1.62. The average Bonchev–Trinajstić information content (AvgIpc) is 3.23. The van der Waals surface area contributed by atoms with Crippen LogP contribution in [0.2, 0.25) is 0 Å². The van der Waals surface area contributed by atoms with E-state index >= 15 is 0 Å². The molecule has 0 aliphatic carbocycles. The minimum absolute atomic E-state index is 0.201. The van der Waals surface area contributed by atoms with Gasteiger partial charge in [0.05, 0.1) is 24.4 Å². The summed E-state index contributed by atoms with van der Waals surface area (Å²) in [7, 11) is 1.81. The number of hydrogen-bond donors (Lipinski definition) is 1. The van der Waals surface area contributed by atoms with Crippen LogP contribution in [0.4, 0.5) is 5.69 Å². The number of amides is 1. The first-order valence-corrected chi connectivity index (χ1v) is 9.76. The van der Waals surface area contributed by atoms with Gasteiger partial charge in [0.2, 0.25) is 5.91 Å². The summed E-state index contributed by atoms with van der Waals surface area (Å²) in [4.78, 5) is 26.6. The molecule has 1 aliphatic heterocycles. The fraction of sp³-hybridized carbons (Fsp3) is 0.300. The van der Waals surface area contributed by atoms with Gasteiger partial charge in [-0.25, -0.2) is 4.68 Å². The smallest absolute Gasteiger partial charge is 0.295 e. The molecule has 0 saturated heterocycles. The molecule has 0 spiro atoms. The molecule has 0 saturated carbocycles. The Bertz CT molecular complexity index is 1030. The van der Waals surface area contributed by atoms with Crippen LogP contribution in [-0.2, 0) is 23.0 Å². The van der Waals surface area contributed by atoms with Crippen molar-refractivity contribution < 1.29 is 9.53 Å². The zero-order valence-electron chi connectivity index (χ0n) is 15.3. The first-order chi connectivity index (χ1) is 13.1. The predicted molar refractivity (Wildman–Crippen MR) is 106 cm³/mol. The van der Waals surface area contributed by atoms with Crippen LogP contribution in [0.25, 0.3) is 5.69 Å². The molecule has 27 heavy (non-hydrogen) atoms. The molecule has 1 aromatic carbocycles. The molecule has 0 radical (unpaired) electrons. The van der Waals surface area contributed by atoms with Crippen molar-refractivity contribution in [1.82, 2.24) is 9.36 Å². The number of anilines is 1. The van der Waals surface area contributed by atoms with E-state index < -0.39 is 0 Å². The minimum atomic E-state index is -0.242. The number of rotatable bonds is 4. The van der Waals surface area contributed by atoms with Crippen molar-refractivity contribution in [3.8, 4) is 5.69 Å². The van der Waals surface area contributed by atoms with Gasteiger partial charge in [0.25, 0.3) is 5.56 Å². The van der Waals surface area contributed by atoms with Gasteiger partial charge in [0, 0.05) is 11.9 Å². The summed E-state index contributed by atoms with van der Waals surface area (Å²) in [6, 6.07) is 11.5. The van der Waals surface area contributed by atoms with E-state index in [0.717, 1.165) is 17.0 Å². The summed E-state index contributed by atoms with van der Waals surface area (Å²) in [5.74, 6) is -0.215. The van der Waals surface area contributed by atoms with Crippen molar-refractivity contribution in [2.75, 3.05) is 11.9 Å². The topological polar surface area (TPSA) is 65.3 Å². The van der Waals surface area contributed by atoms with Crippen molar-refractivity contribution in [3.05, 3.63) is 68.3 Å². The number of thiophene rings is 1. The lowest BCUT2D eigenvalue weighted by atomic mass is 10.1. The first kappa shape index (κ1) is 17.8. The predicted octanol–water partition coefficient (Wildman–Crippen LogP) is 3.19. The number of ether oxygens (including phenoxy) is 1. The van der Waals surface area contributed by atoms with Gasteiger partial charge in [-0.2, -0.15) is 0 Å². The summed E-state index contributed by atoms with van der Waals surface area (Å²) in [6.45, 7) is 2.44. The van der Waals surface area contributed by atoms with Crippen LogP contribution in [-0.4, -0.2) is 21.9 Å². The Kier molecular flexibility index (Phi) is 4.72. The van der Waals surface area contributed by atoms with Crippen molar-refractivity contribution in [2.45, 2.75) is 25.9 Å². The van der Waals surface area contributed by atoms with Gasteiger partial charge in [-0.1, -0.05) is 18.2 Å². The summed E-state index contributed by atoms with van der Waals surface area (Å²) in [6.07, 6.45) is 0.845. The fourth-order valence-electron chi connectivity index (χ4n) is 3.45. The molecule has 6 nitrogen and oxygen atoms in total. The highest BCUT2D eigenvalue weighted by atomic mass is 32.1. The van der Waals surface area contributed by atoms with E-state index in [4.69, 9.17) is 4.74 Å². The van der Waals surface area contributed by atoms with Gasteiger partial charge in [0.15, 0.2) is 0 Å². The van der Waals surface area contributed by atoms with Crippen LogP contribution in [0.15, 0.2) is 46.6 Å². The van der Waals surface area contributed by atoms with Gasteiger partial charge < -0.3 is 10.1 Å². The number of para-hydroxylation sites is 1. The molecule has 140 valence electrons. The van der Waals surface area contributed by atoms with Gasteiger partial charge in [-0.05, 0) is 42.5 Å². The molecule has 3 aromatic rings. The third-order valence-electron chi connectivity index (χ3n) is 4.95. The molecule has 4 rings (SSSR count). The Morgan fingerprint density at radius 2 is 2.07 bits per heavy atom. The quantitative estimate of drug-likeness (QED) is 0.752. The van der Waals surface area contributed by atoms with Gasteiger partial charge >= 0.3 is 0 Å². The lowest BCUT2D eigenvalue weighted by molar-refractivity contribution is -0.119. The van der Waals surface area contributed by atoms with Crippen molar-refractivity contribution in [3.63, 3.8) is 0 Å². The van der Waals surface area contributed by atoms with Crippen LogP contribution in [0, 0.1) is 6.92 Å². The van der Waals surface area contributed by atoms with E-state index in [2.05, 4.69) is 11.4 Å². The Balaban J connectivity index is 1.57. The van der Waals surface area contributed by atoms with Crippen molar-refractivity contribution in [1.29, 1.82) is 0 Å². The van der Waals surface area contributed by atoms with Crippen LogP contribution in [0.3, 0.4) is 0 Å². The van der Waals surface area contributed by atoms with Gasteiger partial charge in [0.1, 0.15) is 11.8 Å². The Morgan fingerprint density at radius 3 is 2.85 bits per heavy atom. The molecular weight excluding hydrogens is 362 g/mol. The number of hydrogen-bond acceptors (Lipinski definition) is 4. The SMILES string of the molecule is Cc1c(NC(=O)CC2OCCc3ccsc32)c(=O)n(-c2ccccc2)n1C. The third-order valence-corrected chi connectivity index (χ3v) is 6.00. The molecule has 0 bridgehead atoms. The number of carbonyl (C=O) groups is 1. The largest absolute Gasteiger partial charge is 0.372 e. The van der Waals surface area contributed by atoms with E-state index in [9.17, 15) is 9.59 Å². The van der Waals surface area contributed by atoms with Crippen LogP contribution >= 0.6 is 11.3 Å². The molecule has 1 amide bonds. The number of nitrogens with one attached hydrogen (secondary N) is 1. The van der Waals surface area contributed by atoms with E-state index in [1.54, 1.807) is 20.7 Å². The first-order valence-electron chi connectivity index (χ1n) is 8.88. The zero-order chi connectivity index (χ0) is 19.0. The van der Waals surface area contributed by atoms with Crippen molar-refractivity contribution in [2.24, 2.45) is 7.05 Å². The summed E-state index contributed by atoms with van der Waals surface area (Å²) < 4.78 is 9.10. The molecule has 1 aliphatic rings. The molecule has 1 unspecified atom stereocenters. The second-order valence-corrected chi connectivity index (χ2v) is 7.56. The highest BCUT2D eigenvalue weighted by molar-refractivity contribution is 7.10. The number of benzene rings is 1. The number of nitrogens with zero attached hydrogens (tertiary/aromatic N) is 2. The number of aromatic nitrogens is 2. The molecule has 2 aromatic heterocycles. The van der Waals surface area contributed by atoms with E-state index in [1.165, 1.54) is 5.56 Å². The number of fused-ring (bicyclic) bond motifs is 1. The second kappa shape index (κ2) is 7.17. The molecule has 7 heteroatoms.